The van der Waals surface area contributed by atoms with Crippen LogP contribution < -0.4 is 0 Å². The topological polar surface area (TPSA) is 237 Å². The zero-order valence-electron chi connectivity index (χ0n) is 54.9. The minimum absolute atomic E-state index is 0.105. The van der Waals surface area contributed by atoms with Gasteiger partial charge in [0.2, 0.25) is 0 Å². The van der Waals surface area contributed by atoms with Crippen molar-refractivity contribution in [3.8, 4) is 0 Å². The summed E-state index contributed by atoms with van der Waals surface area (Å²) >= 11 is 0. The lowest BCUT2D eigenvalue weighted by molar-refractivity contribution is -0.161. The summed E-state index contributed by atoms with van der Waals surface area (Å²) in [7, 11) is -9.89. The lowest BCUT2D eigenvalue weighted by Gasteiger charge is -2.21. The number of aliphatic hydroxyl groups is 1. The van der Waals surface area contributed by atoms with Gasteiger partial charge in [-0.3, -0.25) is 37.3 Å². The molecule has 0 heterocycles. The highest BCUT2D eigenvalue weighted by atomic mass is 31.2. The van der Waals surface area contributed by atoms with Gasteiger partial charge in [0, 0.05) is 25.7 Å². The second-order valence-corrected chi connectivity index (χ2v) is 27.2. The van der Waals surface area contributed by atoms with E-state index in [1.54, 1.807) is 0 Å². The number of rotatable bonds is 65. The van der Waals surface area contributed by atoms with Crippen LogP contribution in [0.4, 0.5) is 0 Å². The zero-order valence-corrected chi connectivity index (χ0v) is 56.7. The molecule has 0 spiro atoms. The summed E-state index contributed by atoms with van der Waals surface area (Å²) in [6.45, 7) is 9.47. The van der Waals surface area contributed by atoms with Crippen molar-refractivity contribution in [3.05, 3.63) is 0 Å². The predicted octanol–water partition coefficient (Wildman–Crippen LogP) is 18.4. The molecule has 0 amide bonds. The van der Waals surface area contributed by atoms with Crippen LogP contribution in [0, 0.1) is 11.8 Å². The van der Waals surface area contributed by atoms with Crippen LogP contribution in [0.5, 0.6) is 0 Å². The van der Waals surface area contributed by atoms with E-state index in [1.165, 1.54) is 141 Å². The molecule has 0 fully saturated rings. The van der Waals surface area contributed by atoms with Gasteiger partial charge in [0.1, 0.15) is 19.3 Å². The number of unbranched alkanes of at least 4 members (excludes halogenated alkanes) is 33. The number of esters is 4. The lowest BCUT2D eigenvalue weighted by Crippen LogP contribution is -2.30. The highest BCUT2D eigenvalue weighted by molar-refractivity contribution is 7.47. The Hall–Kier alpha value is -1.94. The van der Waals surface area contributed by atoms with Crippen molar-refractivity contribution in [2.45, 2.75) is 349 Å². The summed E-state index contributed by atoms with van der Waals surface area (Å²) in [6.07, 6.45) is 41.5. The van der Waals surface area contributed by atoms with E-state index in [9.17, 15) is 43.2 Å². The molecule has 7 atom stereocenters. The van der Waals surface area contributed by atoms with Crippen LogP contribution >= 0.6 is 15.6 Å². The van der Waals surface area contributed by atoms with E-state index < -0.39 is 97.5 Å². The molecule has 0 aromatic carbocycles. The Balaban J connectivity index is 5.26. The monoisotopic (exact) mass is 1250 g/mol. The molecule has 4 unspecified atom stereocenters. The van der Waals surface area contributed by atoms with E-state index >= 15 is 0 Å². The number of phosphoric ester groups is 2. The van der Waals surface area contributed by atoms with Crippen LogP contribution in [0.25, 0.3) is 0 Å². The van der Waals surface area contributed by atoms with E-state index in [0.717, 1.165) is 108 Å². The van der Waals surface area contributed by atoms with Gasteiger partial charge in [0.15, 0.2) is 12.2 Å². The number of aliphatic hydroxyl groups excluding tert-OH is 1. The molecule has 0 radical (unpaired) electrons. The molecule has 0 saturated carbocycles. The van der Waals surface area contributed by atoms with Crippen molar-refractivity contribution in [2.24, 2.45) is 11.8 Å². The molecule has 85 heavy (non-hydrogen) atoms. The minimum Gasteiger partial charge on any atom is -0.462 e. The number of hydrogen-bond acceptors (Lipinski definition) is 15. The van der Waals surface area contributed by atoms with Gasteiger partial charge in [-0.25, -0.2) is 9.13 Å². The number of hydrogen-bond donors (Lipinski definition) is 3. The summed E-state index contributed by atoms with van der Waals surface area (Å²) in [5.74, 6) is -0.630. The second-order valence-electron chi connectivity index (χ2n) is 24.3. The maximum Gasteiger partial charge on any atom is 0.472 e. The summed E-state index contributed by atoms with van der Waals surface area (Å²) in [5, 5.41) is 10.6. The molecule has 19 heteroatoms. The van der Waals surface area contributed by atoms with E-state index in [-0.39, 0.29) is 25.7 Å². The quantitative estimate of drug-likeness (QED) is 0.0222. The van der Waals surface area contributed by atoms with Crippen molar-refractivity contribution in [2.75, 3.05) is 39.6 Å². The van der Waals surface area contributed by atoms with Gasteiger partial charge in [-0.15, -0.1) is 0 Å². The predicted molar refractivity (Wildman–Crippen MR) is 340 cm³/mol. The van der Waals surface area contributed by atoms with Crippen molar-refractivity contribution >= 4 is 39.5 Å². The summed E-state index contributed by atoms with van der Waals surface area (Å²) in [5.41, 5.74) is 0. The molecule has 504 valence electrons. The van der Waals surface area contributed by atoms with Crippen LogP contribution in [-0.4, -0.2) is 96.7 Å². The highest BCUT2D eigenvalue weighted by Crippen LogP contribution is 2.45. The van der Waals surface area contributed by atoms with Gasteiger partial charge in [-0.2, -0.15) is 0 Å². The standard InChI is InChI=1S/C66H128O17P2/c1-7-11-13-15-17-19-21-23-24-29-36-42-48-63(68)76-54-61(83-66(71)51-45-39-31-27-26-28-34-40-46-58(5)9-3)56-80-84(72,73)78-52-60(67)53-79-85(74,75)81-57-62(55-77-64(69)49-43-37-33-32-35-41-47-59(6)10-4)82-65(70)50-44-38-30-25-22-20-18-16-14-12-8-2/h58-62,67H,7-57H2,1-6H3,(H,72,73)(H,74,75)/t58?,59?,60-,61-,62-/m1/s1. The Kier molecular flexibility index (Phi) is 57.1. The Morgan fingerprint density at radius 1 is 0.329 bits per heavy atom. The normalized spacial score (nSPS) is 14.9. The Morgan fingerprint density at radius 3 is 0.835 bits per heavy atom. The average molecular weight is 1260 g/mol. The summed E-state index contributed by atoms with van der Waals surface area (Å²) < 4.78 is 68.1. The van der Waals surface area contributed by atoms with E-state index in [2.05, 4.69) is 41.5 Å². The fourth-order valence-corrected chi connectivity index (χ4v) is 11.4. The molecule has 0 aromatic heterocycles. The SMILES string of the molecule is CCCCCCCCCCCCCCC(=O)OC[C@H](COP(=O)(O)OC[C@@H](O)COP(=O)(O)OC[C@@H](COC(=O)CCCCCCCCC(C)CC)OC(=O)CCCCCCCCCCCCC)OC(=O)CCCCCCCCCCC(C)CC. The van der Waals surface area contributed by atoms with Crippen molar-refractivity contribution in [3.63, 3.8) is 0 Å². The molecule has 0 aromatic rings. The molecule has 0 saturated heterocycles. The first-order chi connectivity index (χ1) is 40.9. The third kappa shape index (κ3) is 58.2. The Labute approximate surface area is 517 Å². The fourth-order valence-electron chi connectivity index (χ4n) is 9.82. The Morgan fingerprint density at radius 2 is 0.565 bits per heavy atom. The first-order valence-electron chi connectivity index (χ1n) is 34.6. The lowest BCUT2D eigenvalue weighted by atomic mass is 9.99. The molecular formula is C66H128O17P2. The van der Waals surface area contributed by atoms with Gasteiger partial charge < -0.3 is 33.8 Å². The largest absolute Gasteiger partial charge is 0.472 e. The molecule has 0 rings (SSSR count). The first-order valence-corrected chi connectivity index (χ1v) is 37.6. The molecule has 0 bridgehead atoms. The third-order valence-electron chi connectivity index (χ3n) is 15.9. The van der Waals surface area contributed by atoms with Gasteiger partial charge in [-0.1, -0.05) is 279 Å². The van der Waals surface area contributed by atoms with Crippen molar-refractivity contribution in [1.82, 2.24) is 0 Å². The van der Waals surface area contributed by atoms with E-state index in [1.807, 2.05) is 0 Å². The van der Waals surface area contributed by atoms with Gasteiger partial charge >= 0.3 is 39.5 Å². The van der Waals surface area contributed by atoms with Gasteiger partial charge in [0.05, 0.1) is 26.4 Å². The average Bonchev–Trinajstić information content (AvgIpc) is 3.58. The van der Waals surface area contributed by atoms with E-state index in [0.29, 0.717) is 25.7 Å². The van der Waals surface area contributed by atoms with Crippen molar-refractivity contribution in [1.29, 1.82) is 0 Å². The highest BCUT2D eigenvalue weighted by Gasteiger charge is 2.30. The molecule has 0 aliphatic rings. The molecule has 17 nitrogen and oxygen atoms in total. The van der Waals surface area contributed by atoms with Gasteiger partial charge in [-0.05, 0) is 37.5 Å². The van der Waals surface area contributed by atoms with Crippen LogP contribution in [0.2, 0.25) is 0 Å². The van der Waals surface area contributed by atoms with Crippen LogP contribution in [0.1, 0.15) is 330 Å². The third-order valence-corrected chi connectivity index (χ3v) is 17.8. The maximum atomic E-state index is 13.0. The van der Waals surface area contributed by atoms with Crippen LogP contribution in [0.3, 0.4) is 0 Å². The Bertz CT molecular complexity index is 1670. The molecule has 0 aliphatic heterocycles. The van der Waals surface area contributed by atoms with Crippen LogP contribution in [-0.2, 0) is 65.4 Å². The van der Waals surface area contributed by atoms with Crippen molar-refractivity contribution < 1.29 is 80.2 Å². The van der Waals surface area contributed by atoms with Gasteiger partial charge in [0.25, 0.3) is 0 Å². The molecule has 0 aliphatic carbocycles. The number of carbonyl (C=O) groups is 4. The minimum atomic E-state index is -4.95. The fraction of sp³-hybridized carbons (Fsp3) is 0.939. The van der Waals surface area contributed by atoms with Crippen LogP contribution in [0.15, 0.2) is 0 Å². The summed E-state index contributed by atoms with van der Waals surface area (Å²) in [4.78, 5) is 72.3. The number of phosphoric acid groups is 2. The first kappa shape index (κ1) is 83.1. The summed E-state index contributed by atoms with van der Waals surface area (Å²) in [6, 6.07) is 0. The smallest absolute Gasteiger partial charge is 0.462 e. The zero-order chi connectivity index (χ0) is 62.9. The molecule has 3 N–H and O–H groups in total. The maximum absolute atomic E-state index is 13.0. The number of carbonyl (C=O) groups excluding carboxylic acids is 4. The van der Waals surface area contributed by atoms with E-state index in [4.69, 9.17) is 37.0 Å². The second kappa shape index (κ2) is 58.4. The number of ether oxygens (including phenoxy) is 4. The molecular weight excluding hydrogens is 1130 g/mol.